The van der Waals surface area contributed by atoms with Gasteiger partial charge in [0.15, 0.2) is 0 Å². The zero-order chi connectivity index (χ0) is 8.72. The first-order chi connectivity index (χ1) is 5.70. The second kappa shape index (κ2) is 2.84. The number of ketones is 1. The van der Waals surface area contributed by atoms with E-state index in [0.29, 0.717) is 11.8 Å². The van der Waals surface area contributed by atoms with E-state index in [4.69, 9.17) is 0 Å². The Kier molecular flexibility index (Phi) is 1.95. The summed E-state index contributed by atoms with van der Waals surface area (Å²) in [5, 5.41) is 0. The molecule has 2 nitrogen and oxygen atoms in total. The van der Waals surface area contributed by atoms with E-state index in [1.54, 1.807) is 0 Å². The van der Waals surface area contributed by atoms with Gasteiger partial charge in [0.1, 0.15) is 5.78 Å². The van der Waals surface area contributed by atoms with Crippen LogP contribution in [0.15, 0.2) is 0 Å². The lowest BCUT2D eigenvalue weighted by atomic mass is 9.90. The fourth-order valence-electron chi connectivity index (χ4n) is 2.15. The van der Waals surface area contributed by atoms with Gasteiger partial charge < -0.3 is 0 Å². The zero-order valence-corrected chi connectivity index (χ0v) is 7.92. The van der Waals surface area contributed by atoms with Crippen LogP contribution in [-0.2, 0) is 4.79 Å². The van der Waals surface area contributed by atoms with Crippen LogP contribution in [0.1, 0.15) is 33.1 Å². The summed E-state index contributed by atoms with van der Waals surface area (Å²) < 4.78 is 0. The molecule has 1 saturated carbocycles. The quantitative estimate of drug-likeness (QED) is 0.589. The van der Waals surface area contributed by atoms with Crippen molar-refractivity contribution >= 4 is 5.78 Å². The van der Waals surface area contributed by atoms with Crippen LogP contribution in [0.3, 0.4) is 0 Å². The molecule has 0 N–H and O–H groups in total. The topological polar surface area (TPSA) is 20.3 Å². The van der Waals surface area contributed by atoms with E-state index < -0.39 is 0 Å². The summed E-state index contributed by atoms with van der Waals surface area (Å²) >= 11 is 0. The van der Waals surface area contributed by atoms with Crippen molar-refractivity contribution < 1.29 is 4.79 Å². The Morgan fingerprint density at radius 3 is 2.58 bits per heavy atom. The van der Waals surface area contributed by atoms with Crippen molar-refractivity contribution in [3.05, 3.63) is 0 Å². The zero-order valence-electron chi connectivity index (χ0n) is 7.92. The molecule has 68 valence electrons. The molecule has 1 aliphatic heterocycles. The molecular weight excluding hydrogens is 150 g/mol. The Morgan fingerprint density at radius 1 is 1.33 bits per heavy atom. The molecule has 0 bridgehead atoms. The number of hydrogen-bond donors (Lipinski definition) is 0. The Labute approximate surface area is 73.9 Å². The minimum absolute atomic E-state index is 0.263. The Bertz CT molecular complexity index is 198. The van der Waals surface area contributed by atoms with Crippen molar-refractivity contribution in [3.63, 3.8) is 0 Å². The molecule has 2 aliphatic rings. The lowest BCUT2D eigenvalue weighted by Gasteiger charge is -2.37. The van der Waals surface area contributed by atoms with Gasteiger partial charge in [0.2, 0.25) is 0 Å². The van der Waals surface area contributed by atoms with E-state index in [9.17, 15) is 4.79 Å². The van der Waals surface area contributed by atoms with Gasteiger partial charge in [-0.2, -0.15) is 0 Å². The van der Waals surface area contributed by atoms with Gasteiger partial charge >= 0.3 is 0 Å². The van der Waals surface area contributed by atoms with Crippen LogP contribution in [0.5, 0.6) is 0 Å². The van der Waals surface area contributed by atoms with Crippen molar-refractivity contribution in [3.8, 4) is 0 Å². The maximum Gasteiger partial charge on any atom is 0.138 e. The number of piperidine rings is 1. The average molecular weight is 167 g/mol. The molecular formula is C10H17NO. The fraction of sp³-hybridized carbons (Fsp3) is 0.900. The maximum absolute atomic E-state index is 11.4. The largest absolute Gasteiger partial charge is 0.299 e. The molecule has 0 unspecified atom stereocenters. The van der Waals surface area contributed by atoms with Gasteiger partial charge in [0, 0.05) is 31.0 Å². The SMILES string of the molecule is C[C@H]1C(=O)CCN(C2CC2)[C@H]1C. The number of carbonyl (C=O) groups excluding carboxylic acids is 1. The summed E-state index contributed by atoms with van der Waals surface area (Å²) in [6.07, 6.45) is 3.48. The van der Waals surface area contributed by atoms with Crippen LogP contribution >= 0.6 is 0 Å². The molecule has 0 amide bonds. The summed E-state index contributed by atoms with van der Waals surface area (Å²) in [4.78, 5) is 13.9. The van der Waals surface area contributed by atoms with Crippen LogP contribution < -0.4 is 0 Å². The molecule has 2 heteroatoms. The molecule has 1 saturated heterocycles. The minimum Gasteiger partial charge on any atom is -0.299 e. The molecule has 0 spiro atoms. The third kappa shape index (κ3) is 1.28. The van der Waals surface area contributed by atoms with E-state index in [1.165, 1.54) is 12.8 Å². The molecule has 0 aromatic rings. The highest BCUT2D eigenvalue weighted by molar-refractivity contribution is 5.82. The fourth-order valence-corrected chi connectivity index (χ4v) is 2.15. The van der Waals surface area contributed by atoms with Crippen molar-refractivity contribution in [1.82, 2.24) is 4.90 Å². The smallest absolute Gasteiger partial charge is 0.138 e. The van der Waals surface area contributed by atoms with Crippen molar-refractivity contribution in [2.45, 2.75) is 45.2 Å². The second-order valence-corrected chi connectivity index (χ2v) is 4.21. The number of rotatable bonds is 1. The van der Waals surface area contributed by atoms with Crippen LogP contribution in [0, 0.1) is 5.92 Å². The number of hydrogen-bond acceptors (Lipinski definition) is 2. The molecule has 1 heterocycles. The highest BCUT2D eigenvalue weighted by Gasteiger charge is 2.38. The molecule has 2 rings (SSSR count). The third-order valence-electron chi connectivity index (χ3n) is 3.39. The highest BCUT2D eigenvalue weighted by atomic mass is 16.1. The van der Waals surface area contributed by atoms with Gasteiger partial charge in [0.05, 0.1) is 0 Å². The van der Waals surface area contributed by atoms with Crippen LogP contribution in [0.2, 0.25) is 0 Å². The van der Waals surface area contributed by atoms with Gasteiger partial charge in [-0.3, -0.25) is 9.69 Å². The second-order valence-electron chi connectivity index (χ2n) is 4.21. The van der Waals surface area contributed by atoms with E-state index in [1.807, 2.05) is 0 Å². The highest BCUT2D eigenvalue weighted by Crippen LogP contribution is 2.33. The van der Waals surface area contributed by atoms with E-state index in [-0.39, 0.29) is 5.92 Å². The van der Waals surface area contributed by atoms with Gasteiger partial charge in [-0.15, -0.1) is 0 Å². The third-order valence-corrected chi connectivity index (χ3v) is 3.39. The van der Waals surface area contributed by atoms with E-state index in [0.717, 1.165) is 19.0 Å². The molecule has 0 radical (unpaired) electrons. The average Bonchev–Trinajstić information content (AvgIpc) is 2.84. The standard InChI is InChI=1S/C10H17NO/c1-7-8(2)11(9-3-4-9)6-5-10(7)12/h7-9H,3-6H2,1-2H3/t7-,8+/m1/s1. The molecule has 0 aromatic heterocycles. The van der Waals surface area contributed by atoms with Crippen molar-refractivity contribution in [1.29, 1.82) is 0 Å². The van der Waals surface area contributed by atoms with Gasteiger partial charge in [-0.25, -0.2) is 0 Å². The molecule has 0 aromatic carbocycles. The van der Waals surface area contributed by atoms with Gasteiger partial charge in [-0.05, 0) is 19.8 Å². The summed E-state index contributed by atoms with van der Waals surface area (Å²) in [5.41, 5.74) is 0. The van der Waals surface area contributed by atoms with Gasteiger partial charge in [-0.1, -0.05) is 6.92 Å². The lowest BCUT2D eigenvalue weighted by Crippen LogP contribution is -2.47. The van der Waals surface area contributed by atoms with E-state index in [2.05, 4.69) is 18.7 Å². The Morgan fingerprint density at radius 2 is 2.00 bits per heavy atom. The van der Waals surface area contributed by atoms with Crippen LogP contribution in [0.4, 0.5) is 0 Å². The minimum atomic E-state index is 0.263. The summed E-state index contributed by atoms with van der Waals surface area (Å²) in [6.45, 7) is 5.27. The summed E-state index contributed by atoms with van der Waals surface area (Å²) in [6, 6.07) is 1.30. The number of likely N-dealkylation sites (tertiary alicyclic amines) is 1. The number of nitrogens with zero attached hydrogens (tertiary/aromatic N) is 1. The van der Waals surface area contributed by atoms with Crippen molar-refractivity contribution in [2.75, 3.05) is 6.54 Å². The first-order valence-corrected chi connectivity index (χ1v) is 4.98. The molecule has 12 heavy (non-hydrogen) atoms. The first kappa shape index (κ1) is 8.24. The predicted octanol–water partition coefficient (Wildman–Crippen LogP) is 1.45. The summed E-state index contributed by atoms with van der Waals surface area (Å²) in [7, 11) is 0. The van der Waals surface area contributed by atoms with Crippen LogP contribution in [-0.4, -0.2) is 29.3 Å². The molecule has 2 atom stereocenters. The predicted molar refractivity (Wildman–Crippen MR) is 48.0 cm³/mol. The first-order valence-electron chi connectivity index (χ1n) is 4.98. The normalized spacial score (nSPS) is 38.7. The van der Waals surface area contributed by atoms with Crippen LogP contribution in [0.25, 0.3) is 0 Å². The molecule has 1 aliphatic carbocycles. The summed E-state index contributed by atoms with van der Waals surface area (Å²) in [5.74, 6) is 0.721. The number of Topliss-reactive ketones (excluding diaryl/α,β-unsaturated/α-hetero) is 1. The lowest BCUT2D eigenvalue weighted by molar-refractivity contribution is -0.128. The Hall–Kier alpha value is -0.370. The monoisotopic (exact) mass is 167 g/mol. The number of carbonyl (C=O) groups is 1. The van der Waals surface area contributed by atoms with Gasteiger partial charge in [0.25, 0.3) is 0 Å². The van der Waals surface area contributed by atoms with Crippen molar-refractivity contribution in [2.24, 2.45) is 5.92 Å². The molecule has 2 fully saturated rings. The Balaban J connectivity index is 2.03. The maximum atomic E-state index is 11.4. The van der Waals surface area contributed by atoms with E-state index >= 15 is 0 Å².